The van der Waals surface area contributed by atoms with Crippen molar-refractivity contribution >= 4 is 21.6 Å². The Morgan fingerprint density at radius 3 is 3.14 bits per heavy atom. The minimum absolute atomic E-state index is 0.368. The fourth-order valence-corrected chi connectivity index (χ4v) is 3.21. The molecule has 2 aliphatic heterocycles. The van der Waals surface area contributed by atoms with Gasteiger partial charge in [-0.2, -0.15) is 0 Å². The van der Waals surface area contributed by atoms with Gasteiger partial charge in [0.25, 0.3) is 0 Å². The maximum Gasteiger partial charge on any atom is 0.0414 e. The number of nitrogens with zero attached hydrogens (tertiary/aromatic N) is 1. The quantitative estimate of drug-likeness (QED) is 0.765. The Hall–Kier alpha value is -0.540. The molecule has 3 rings (SSSR count). The molecule has 0 spiro atoms. The second kappa shape index (κ2) is 2.97. The van der Waals surface area contributed by atoms with Crippen molar-refractivity contribution in [2.24, 2.45) is 5.73 Å². The molecule has 14 heavy (non-hydrogen) atoms. The number of rotatable bonds is 0. The topological polar surface area (TPSA) is 29.3 Å². The molecule has 2 nitrogen and oxygen atoms in total. The van der Waals surface area contributed by atoms with Crippen LogP contribution >= 0.6 is 15.9 Å². The monoisotopic (exact) mass is 252 g/mol. The van der Waals surface area contributed by atoms with Crippen molar-refractivity contribution in [2.45, 2.75) is 24.9 Å². The molecule has 0 radical (unpaired) electrons. The number of hydrogen-bond acceptors (Lipinski definition) is 2. The van der Waals surface area contributed by atoms with Crippen molar-refractivity contribution in [3.8, 4) is 0 Å². The third-order valence-corrected chi connectivity index (χ3v) is 4.03. The van der Waals surface area contributed by atoms with E-state index in [-0.39, 0.29) is 0 Å². The first-order valence-corrected chi connectivity index (χ1v) is 5.84. The van der Waals surface area contributed by atoms with Crippen LogP contribution in [0.25, 0.3) is 0 Å². The van der Waals surface area contributed by atoms with E-state index < -0.39 is 0 Å². The summed E-state index contributed by atoms with van der Waals surface area (Å²) in [5.41, 5.74) is 8.82. The average molecular weight is 253 g/mol. The van der Waals surface area contributed by atoms with Gasteiger partial charge >= 0.3 is 0 Å². The Bertz CT molecular complexity index is 378. The SMILES string of the molecule is NC1CC2Cc3c(Br)cccc3N2C1. The molecule has 0 bridgehead atoms. The normalized spacial score (nSPS) is 29.1. The van der Waals surface area contributed by atoms with E-state index in [9.17, 15) is 0 Å². The van der Waals surface area contributed by atoms with E-state index in [1.807, 2.05) is 0 Å². The molecule has 1 saturated heterocycles. The van der Waals surface area contributed by atoms with E-state index in [2.05, 4.69) is 39.0 Å². The van der Waals surface area contributed by atoms with Crippen LogP contribution < -0.4 is 10.6 Å². The van der Waals surface area contributed by atoms with Crippen LogP contribution in [0.1, 0.15) is 12.0 Å². The summed E-state index contributed by atoms with van der Waals surface area (Å²) in [6.45, 7) is 1.02. The first kappa shape index (κ1) is 8.74. The van der Waals surface area contributed by atoms with Crippen molar-refractivity contribution in [1.29, 1.82) is 0 Å². The molecular formula is C11H13BrN2. The average Bonchev–Trinajstić information content (AvgIpc) is 2.63. The summed E-state index contributed by atoms with van der Waals surface area (Å²) in [7, 11) is 0. The lowest BCUT2D eigenvalue weighted by molar-refractivity contribution is 0.661. The summed E-state index contributed by atoms with van der Waals surface area (Å²) in [6, 6.07) is 7.46. The number of nitrogens with two attached hydrogens (primary N) is 1. The molecule has 3 heteroatoms. The number of fused-ring (bicyclic) bond motifs is 3. The fourth-order valence-electron chi connectivity index (χ4n) is 2.70. The smallest absolute Gasteiger partial charge is 0.0414 e. The van der Waals surface area contributed by atoms with Crippen molar-refractivity contribution < 1.29 is 0 Å². The van der Waals surface area contributed by atoms with Gasteiger partial charge in [-0.05, 0) is 30.5 Å². The summed E-state index contributed by atoms with van der Waals surface area (Å²) >= 11 is 3.61. The van der Waals surface area contributed by atoms with Crippen LogP contribution in [0, 0.1) is 0 Å². The predicted molar refractivity (Wildman–Crippen MR) is 61.6 cm³/mol. The fraction of sp³-hybridized carbons (Fsp3) is 0.455. The third-order valence-electron chi connectivity index (χ3n) is 3.29. The van der Waals surface area contributed by atoms with E-state index in [0.29, 0.717) is 12.1 Å². The lowest BCUT2D eigenvalue weighted by atomic mass is 10.1. The molecule has 1 fully saturated rings. The molecule has 2 aliphatic rings. The molecule has 2 atom stereocenters. The van der Waals surface area contributed by atoms with Gasteiger partial charge in [-0.1, -0.05) is 22.0 Å². The minimum atomic E-state index is 0.368. The van der Waals surface area contributed by atoms with Crippen LogP contribution in [0.15, 0.2) is 22.7 Å². The van der Waals surface area contributed by atoms with Gasteiger partial charge < -0.3 is 10.6 Å². The van der Waals surface area contributed by atoms with Gasteiger partial charge in [0.15, 0.2) is 0 Å². The molecule has 1 aromatic rings. The third kappa shape index (κ3) is 1.12. The summed E-state index contributed by atoms with van der Waals surface area (Å²) in [6.07, 6.45) is 2.30. The Balaban J connectivity index is 2.05. The number of benzene rings is 1. The second-order valence-corrected chi connectivity index (χ2v) is 5.10. The summed E-state index contributed by atoms with van der Waals surface area (Å²) in [5.74, 6) is 0. The van der Waals surface area contributed by atoms with Gasteiger partial charge in [0, 0.05) is 28.8 Å². The van der Waals surface area contributed by atoms with Gasteiger partial charge in [-0.15, -0.1) is 0 Å². The van der Waals surface area contributed by atoms with Gasteiger partial charge in [0.05, 0.1) is 0 Å². The van der Waals surface area contributed by atoms with Crippen LogP contribution in [-0.2, 0) is 6.42 Å². The first-order valence-electron chi connectivity index (χ1n) is 5.05. The van der Waals surface area contributed by atoms with E-state index >= 15 is 0 Å². The van der Waals surface area contributed by atoms with Crippen molar-refractivity contribution in [3.63, 3.8) is 0 Å². The maximum atomic E-state index is 5.97. The number of halogens is 1. The van der Waals surface area contributed by atoms with E-state index in [4.69, 9.17) is 5.73 Å². The van der Waals surface area contributed by atoms with Crippen molar-refractivity contribution in [3.05, 3.63) is 28.2 Å². The molecule has 0 saturated carbocycles. The first-order chi connectivity index (χ1) is 6.75. The Morgan fingerprint density at radius 1 is 1.43 bits per heavy atom. The highest BCUT2D eigenvalue weighted by Crippen LogP contribution is 2.40. The maximum absolute atomic E-state index is 5.97. The molecule has 2 unspecified atom stereocenters. The van der Waals surface area contributed by atoms with Crippen LogP contribution in [0.3, 0.4) is 0 Å². The molecule has 0 aliphatic carbocycles. The highest BCUT2D eigenvalue weighted by atomic mass is 79.9. The Labute approximate surface area is 92.2 Å². The van der Waals surface area contributed by atoms with Crippen LogP contribution in [0.4, 0.5) is 5.69 Å². The zero-order valence-electron chi connectivity index (χ0n) is 7.91. The predicted octanol–water partition coefficient (Wildman–Crippen LogP) is 1.91. The number of hydrogen-bond donors (Lipinski definition) is 1. The largest absolute Gasteiger partial charge is 0.366 e. The highest BCUT2D eigenvalue weighted by Gasteiger charge is 2.37. The minimum Gasteiger partial charge on any atom is -0.366 e. The molecule has 74 valence electrons. The lowest BCUT2D eigenvalue weighted by Crippen LogP contribution is -2.27. The zero-order valence-corrected chi connectivity index (χ0v) is 9.50. The number of anilines is 1. The summed E-state index contributed by atoms with van der Waals surface area (Å²) < 4.78 is 1.25. The molecule has 2 N–H and O–H groups in total. The van der Waals surface area contributed by atoms with E-state index in [0.717, 1.165) is 19.4 Å². The Morgan fingerprint density at radius 2 is 2.29 bits per heavy atom. The van der Waals surface area contributed by atoms with Crippen molar-refractivity contribution in [2.75, 3.05) is 11.4 Å². The summed E-state index contributed by atoms with van der Waals surface area (Å²) in [4.78, 5) is 2.46. The Kier molecular flexibility index (Phi) is 1.86. The molecular weight excluding hydrogens is 240 g/mol. The second-order valence-electron chi connectivity index (χ2n) is 4.24. The van der Waals surface area contributed by atoms with Crippen LogP contribution in [0.2, 0.25) is 0 Å². The van der Waals surface area contributed by atoms with Gasteiger partial charge in [-0.3, -0.25) is 0 Å². The summed E-state index contributed by atoms with van der Waals surface area (Å²) in [5, 5.41) is 0. The standard InChI is InChI=1S/C11H13BrN2/c12-10-2-1-3-11-9(10)5-8-4-7(13)6-14(8)11/h1-3,7-8H,4-6,13H2. The van der Waals surface area contributed by atoms with E-state index in [1.54, 1.807) is 0 Å². The van der Waals surface area contributed by atoms with Gasteiger partial charge in [0.1, 0.15) is 0 Å². The zero-order chi connectivity index (χ0) is 9.71. The van der Waals surface area contributed by atoms with Crippen LogP contribution in [0.5, 0.6) is 0 Å². The van der Waals surface area contributed by atoms with Crippen molar-refractivity contribution in [1.82, 2.24) is 0 Å². The lowest BCUT2D eigenvalue weighted by Gasteiger charge is -2.18. The highest BCUT2D eigenvalue weighted by molar-refractivity contribution is 9.10. The van der Waals surface area contributed by atoms with E-state index in [1.165, 1.54) is 15.7 Å². The van der Waals surface area contributed by atoms with Gasteiger partial charge in [0.2, 0.25) is 0 Å². The molecule has 1 aromatic carbocycles. The van der Waals surface area contributed by atoms with Crippen LogP contribution in [-0.4, -0.2) is 18.6 Å². The molecule has 0 aromatic heterocycles. The van der Waals surface area contributed by atoms with Gasteiger partial charge in [-0.25, -0.2) is 0 Å². The molecule has 0 amide bonds. The molecule has 2 heterocycles.